The van der Waals surface area contributed by atoms with Crippen LogP contribution in [0.15, 0.2) is 41.3 Å². The number of sulfonamides is 1. The molecule has 0 aliphatic heterocycles. The van der Waals surface area contributed by atoms with Crippen molar-refractivity contribution in [2.24, 2.45) is 0 Å². The average molecular weight is 309 g/mol. The molecule has 0 radical (unpaired) electrons. The van der Waals surface area contributed by atoms with E-state index >= 15 is 0 Å². The Morgan fingerprint density at radius 1 is 1.11 bits per heavy atom. The minimum absolute atomic E-state index is 0. The van der Waals surface area contributed by atoms with Gasteiger partial charge in [-0.3, -0.25) is 0 Å². The second kappa shape index (κ2) is 6.43. The van der Waals surface area contributed by atoms with Crippen LogP contribution in [-0.4, -0.2) is 22.5 Å². The maximum atomic E-state index is 11.8. The number of rotatable bonds is 3. The minimum atomic E-state index is -3.67. The topological polar surface area (TPSA) is 49.4 Å². The van der Waals surface area contributed by atoms with Crippen molar-refractivity contribution >= 4 is 38.3 Å². The van der Waals surface area contributed by atoms with Gasteiger partial charge in [0.05, 0.1) is 4.90 Å². The Hall–Kier alpha value is -0.300. The van der Waals surface area contributed by atoms with Crippen molar-refractivity contribution in [1.82, 2.24) is 4.24 Å². The van der Waals surface area contributed by atoms with Gasteiger partial charge >= 0.3 is 29.6 Å². The number of benzene rings is 2. The molecule has 2 aromatic carbocycles. The number of hydrogen-bond acceptors (Lipinski definition) is 3. The third-order valence-corrected chi connectivity index (χ3v) is 4.48. The SMILES string of the molecule is CN(C)c1cccc2c(S(=O)(=O)NCl)cccc12.[H-].[Na+]. The molecule has 0 bridgehead atoms. The van der Waals surface area contributed by atoms with Gasteiger partial charge in [0, 0.05) is 30.6 Å². The fourth-order valence-corrected chi connectivity index (χ4v) is 2.99. The molecule has 2 rings (SSSR count). The number of nitrogens with zero attached hydrogens (tertiary/aromatic N) is 1. The van der Waals surface area contributed by atoms with Crippen molar-refractivity contribution < 1.29 is 39.4 Å². The van der Waals surface area contributed by atoms with Gasteiger partial charge < -0.3 is 6.33 Å². The van der Waals surface area contributed by atoms with Crippen LogP contribution in [0.2, 0.25) is 0 Å². The summed E-state index contributed by atoms with van der Waals surface area (Å²) in [7, 11) is 0.155. The summed E-state index contributed by atoms with van der Waals surface area (Å²) in [6.45, 7) is 0. The van der Waals surface area contributed by atoms with Gasteiger partial charge in [-0.2, -0.15) is 0 Å². The molecule has 0 atom stereocenters. The number of hydrogen-bond donors (Lipinski definition) is 1. The van der Waals surface area contributed by atoms with Crippen molar-refractivity contribution in [2.45, 2.75) is 4.90 Å². The van der Waals surface area contributed by atoms with Gasteiger partial charge in [0.25, 0.3) is 10.0 Å². The van der Waals surface area contributed by atoms with Crippen molar-refractivity contribution in [2.75, 3.05) is 19.0 Å². The standard InChI is InChI=1S/C12H13ClN2O2S.Na.H/c1-15(2)11-7-3-6-10-9(11)5-4-8-12(10)18(16,17)14-13;;/h3-8,14H,1-2H3;;/q;+1;-1. The summed E-state index contributed by atoms with van der Waals surface area (Å²) >= 11 is 5.28. The second-order valence-corrected chi connectivity index (χ2v) is 6.17. The van der Waals surface area contributed by atoms with Crippen LogP contribution in [0.1, 0.15) is 1.43 Å². The Morgan fingerprint density at radius 3 is 2.26 bits per heavy atom. The number of nitrogens with one attached hydrogen (secondary N) is 1. The first-order valence-electron chi connectivity index (χ1n) is 5.29. The summed E-state index contributed by atoms with van der Waals surface area (Å²) < 4.78 is 25.5. The largest absolute Gasteiger partial charge is 1.00 e. The van der Waals surface area contributed by atoms with Gasteiger partial charge in [-0.15, -0.1) is 4.24 Å². The van der Waals surface area contributed by atoms with Crippen molar-refractivity contribution in [3.8, 4) is 0 Å². The molecule has 0 heterocycles. The van der Waals surface area contributed by atoms with Crippen molar-refractivity contribution in [3.05, 3.63) is 36.4 Å². The summed E-state index contributed by atoms with van der Waals surface area (Å²) in [4.78, 5) is 2.12. The van der Waals surface area contributed by atoms with Gasteiger partial charge in [-0.05, 0) is 23.9 Å². The van der Waals surface area contributed by atoms with Gasteiger partial charge in [0.15, 0.2) is 0 Å². The van der Waals surface area contributed by atoms with Crippen LogP contribution in [0.3, 0.4) is 0 Å². The van der Waals surface area contributed by atoms with Crippen LogP contribution in [0.5, 0.6) is 0 Å². The first kappa shape index (κ1) is 16.8. The summed E-state index contributed by atoms with van der Waals surface area (Å²) in [5, 5.41) is 1.52. The zero-order valence-electron chi connectivity index (χ0n) is 12.0. The van der Waals surface area contributed by atoms with Crippen LogP contribution in [0.4, 0.5) is 5.69 Å². The van der Waals surface area contributed by atoms with E-state index in [0.717, 1.165) is 11.1 Å². The molecule has 2 aromatic rings. The molecule has 0 aliphatic rings. The molecular formula is C12H14ClN2NaO2S. The average Bonchev–Trinajstić information content (AvgIpc) is 2.37. The van der Waals surface area contributed by atoms with Gasteiger partial charge in [-0.1, -0.05) is 24.3 Å². The van der Waals surface area contributed by atoms with E-state index in [9.17, 15) is 8.42 Å². The van der Waals surface area contributed by atoms with Crippen LogP contribution in [-0.2, 0) is 10.0 Å². The van der Waals surface area contributed by atoms with Crippen LogP contribution in [0.25, 0.3) is 10.8 Å². The van der Waals surface area contributed by atoms with E-state index in [-0.39, 0.29) is 35.9 Å². The zero-order chi connectivity index (χ0) is 13.3. The van der Waals surface area contributed by atoms with Crippen LogP contribution < -0.4 is 38.7 Å². The Labute approximate surface area is 141 Å². The molecule has 0 amide bonds. The van der Waals surface area contributed by atoms with Crippen molar-refractivity contribution in [1.29, 1.82) is 0 Å². The first-order chi connectivity index (χ1) is 8.47. The summed E-state index contributed by atoms with van der Waals surface area (Å²) in [6, 6.07) is 10.7. The molecule has 7 heteroatoms. The molecule has 19 heavy (non-hydrogen) atoms. The van der Waals surface area contributed by atoms with Gasteiger partial charge in [0.1, 0.15) is 0 Å². The first-order valence-corrected chi connectivity index (χ1v) is 7.15. The maximum absolute atomic E-state index is 11.8. The Kier molecular flexibility index (Phi) is 5.67. The Balaban J connectivity index is 0.00000180. The van der Waals surface area contributed by atoms with Crippen LogP contribution in [0, 0.1) is 0 Å². The van der Waals surface area contributed by atoms with E-state index < -0.39 is 10.0 Å². The maximum Gasteiger partial charge on any atom is 1.00 e. The van der Waals surface area contributed by atoms with E-state index in [1.54, 1.807) is 12.1 Å². The molecule has 1 N–H and O–H groups in total. The summed E-state index contributed by atoms with van der Waals surface area (Å²) in [5.41, 5.74) is 0.958. The van der Waals surface area contributed by atoms with Crippen molar-refractivity contribution in [3.63, 3.8) is 0 Å². The van der Waals surface area contributed by atoms with E-state index in [2.05, 4.69) is 0 Å². The summed E-state index contributed by atoms with van der Waals surface area (Å²) in [6.07, 6.45) is 0. The number of fused-ring (bicyclic) bond motifs is 1. The van der Waals surface area contributed by atoms with Crippen LogP contribution >= 0.6 is 11.8 Å². The second-order valence-electron chi connectivity index (χ2n) is 4.10. The molecule has 0 spiro atoms. The third kappa shape index (κ3) is 3.24. The molecule has 0 saturated heterocycles. The zero-order valence-corrected chi connectivity index (χ0v) is 14.6. The quantitative estimate of drug-likeness (QED) is 0.612. The third-order valence-electron chi connectivity index (χ3n) is 2.73. The minimum Gasteiger partial charge on any atom is -1.00 e. The van der Waals surface area contributed by atoms with E-state index in [1.807, 2.05) is 41.4 Å². The fourth-order valence-electron chi connectivity index (χ4n) is 1.93. The fraction of sp³-hybridized carbons (Fsp3) is 0.167. The molecule has 0 saturated carbocycles. The van der Waals surface area contributed by atoms with E-state index in [1.165, 1.54) is 6.07 Å². The molecule has 4 nitrogen and oxygen atoms in total. The van der Waals surface area contributed by atoms with E-state index in [4.69, 9.17) is 11.8 Å². The Morgan fingerprint density at radius 2 is 1.68 bits per heavy atom. The molecule has 0 aliphatic carbocycles. The normalized spacial score (nSPS) is 11.1. The van der Waals surface area contributed by atoms with Gasteiger partial charge in [-0.25, -0.2) is 8.42 Å². The smallest absolute Gasteiger partial charge is 1.00 e. The van der Waals surface area contributed by atoms with E-state index in [0.29, 0.717) is 5.39 Å². The number of halogens is 1. The van der Waals surface area contributed by atoms with Gasteiger partial charge in [0.2, 0.25) is 0 Å². The molecule has 0 unspecified atom stereocenters. The molecule has 98 valence electrons. The molecular weight excluding hydrogens is 295 g/mol. The molecule has 0 fully saturated rings. The molecule has 0 aromatic heterocycles. The Bertz CT molecular complexity index is 695. The predicted molar refractivity (Wildman–Crippen MR) is 75.6 cm³/mol. The predicted octanol–water partition coefficient (Wildman–Crippen LogP) is -0.546. The number of anilines is 1. The monoisotopic (exact) mass is 308 g/mol. The summed E-state index contributed by atoms with van der Waals surface area (Å²) in [5.74, 6) is 0.